The molecule has 0 saturated carbocycles. The van der Waals surface area contributed by atoms with Gasteiger partial charge in [0.25, 0.3) is 0 Å². The highest BCUT2D eigenvalue weighted by molar-refractivity contribution is 7.89. The van der Waals surface area contributed by atoms with Gasteiger partial charge in [0, 0.05) is 31.6 Å². The van der Waals surface area contributed by atoms with Crippen LogP contribution in [0.1, 0.15) is 56.0 Å². The van der Waals surface area contributed by atoms with E-state index < -0.39 is 10.0 Å². The molecule has 0 aliphatic carbocycles. The fourth-order valence-corrected chi connectivity index (χ4v) is 9.08. The van der Waals surface area contributed by atoms with Gasteiger partial charge in [-0.2, -0.15) is 4.31 Å². The molecule has 0 spiro atoms. The predicted molar refractivity (Wildman–Crippen MR) is 137 cm³/mol. The van der Waals surface area contributed by atoms with Gasteiger partial charge < -0.3 is 5.32 Å². The van der Waals surface area contributed by atoms with Crippen LogP contribution in [0.4, 0.5) is 5.13 Å². The zero-order valence-corrected chi connectivity index (χ0v) is 22.0. The van der Waals surface area contributed by atoms with Gasteiger partial charge in [-0.25, -0.2) is 8.42 Å². The zero-order valence-electron chi connectivity index (χ0n) is 20.3. The molecular formula is C25H37N5O2S2. The summed E-state index contributed by atoms with van der Waals surface area (Å²) in [6.07, 6.45) is 7.28. The van der Waals surface area contributed by atoms with Gasteiger partial charge in [0.2, 0.25) is 15.2 Å². The van der Waals surface area contributed by atoms with Gasteiger partial charge in [-0.15, -0.1) is 10.2 Å². The van der Waals surface area contributed by atoms with Crippen molar-refractivity contribution < 1.29 is 8.42 Å². The lowest BCUT2D eigenvalue weighted by molar-refractivity contribution is -0.0523. The third kappa shape index (κ3) is 4.76. The van der Waals surface area contributed by atoms with E-state index in [9.17, 15) is 8.42 Å². The quantitative estimate of drug-likeness (QED) is 0.583. The summed E-state index contributed by atoms with van der Waals surface area (Å²) in [7, 11) is -3.53. The number of rotatable bonds is 8. The van der Waals surface area contributed by atoms with Gasteiger partial charge in [0.15, 0.2) is 0 Å². The molecule has 186 valence electrons. The van der Waals surface area contributed by atoms with Crippen LogP contribution in [0.25, 0.3) is 0 Å². The Hall–Kier alpha value is -1.55. The second-order valence-electron chi connectivity index (χ2n) is 10.1. The molecule has 3 fully saturated rings. The first-order valence-electron chi connectivity index (χ1n) is 12.9. The number of piperidine rings is 3. The Bertz CT molecular complexity index is 1070. The van der Waals surface area contributed by atoms with Crippen molar-refractivity contribution in [1.29, 1.82) is 0 Å². The normalized spacial score (nSPS) is 27.9. The molecule has 0 amide bonds. The van der Waals surface area contributed by atoms with E-state index in [1.165, 1.54) is 25.9 Å². The first-order valence-corrected chi connectivity index (χ1v) is 15.1. The van der Waals surface area contributed by atoms with Crippen LogP contribution in [0.15, 0.2) is 29.2 Å². The van der Waals surface area contributed by atoms with Crippen LogP contribution in [-0.4, -0.2) is 66.1 Å². The van der Waals surface area contributed by atoms with Crippen LogP contribution >= 0.6 is 11.3 Å². The van der Waals surface area contributed by atoms with Crippen LogP contribution in [0.3, 0.4) is 0 Å². The molecule has 1 aromatic heterocycles. The molecule has 1 aromatic carbocycles. The van der Waals surface area contributed by atoms with E-state index in [4.69, 9.17) is 0 Å². The highest BCUT2D eigenvalue weighted by Gasteiger charge is 2.51. The summed E-state index contributed by atoms with van der Waals surface area (Å²) < 4.78 is 29.8. The molecule has 1 N–H and O–H groups in total. The minimum atomic E-state index is -3.53. The number of benzene rings is 1. The Kier molecular flexibility index (Phi) is 7.25. The van der Waals surface area contributed by atoms with Gasteiger partial charge in [-0.3, -0.25) is 4.90 Å². The van der Waals surface area contributed by atoms with Crippen LogP contribution < -0.4 is 5.32 Å². The van der Waals surface area contributed by atoms with E-state index >= 15 is 0 Å². The molecular weight excluding hydrogens is 466 g/mol. The van der Waals surface area contributed by atoms with Gasteiger partial charge >= 0.3 is 0 Å². The molecule has 4 heterocycles. The largest absolute Gasteiger partial charge is 0.360 e. The molecule has 34 heavy (non-hydrogen) atoms. The van der Waals surface area contributed by atoms with Crippen molar-refractivity contribution in [3.63, 3.8) is 0 Å². The molecule has 0 unspecified atom stereocenters. The van der Waals surface area contributed by atoms with Crippen molar-refractivity contribution in [2.24, 2.45) is 11.8 Å². The van der Waals surface area contributed by atoms with Crippen molar-refractivity contribution in [3.05, 3.63) is 34.8 Å². The number of aryl methyl sites for hydroxylation is 2. The lowest BCUT2D eigenvalue weighted by atomic mass is 9.70. The first kappa shape index (κ1) is 24.2. The fraction of sp³-hybridized carbons (Fsp3) is 0.680. The molecule has 4 atom stereocenters. The molecule has 5 rings (SSSR count). The minimum absolute atomic E-state index is 0.0506. The maximum Gasteiger partial charge on any atom is 0.243 e. The van der Waals surface area contributed by atoms with Crippen LogP contribution in [0.2, 0.25) is 0 Å². The van der Waals surface area contributed by atoms with Crippen molar-refractivity contribution in [2.45, 2.75) is 75.8 Å². The molecule has 7 nitrogen and oxygen atoms in total. The fourth-order valence-electron chi connectivity index (χ4n) is 6.48. The standard InChI is InChI=1S/C25H37N5O2S2/c1-3-26-25-28-27-23(33-25)10-4-9-22-21-8-6-16-29-15-5-7-19(24(21)29)17-30(22)34(31,32)20-13-11-18(2)12-14-20/h11-14,19,21-22,24H,3-10,15-17H2,1-2H3,(H,26,28)/t19-,21+,22+,24-/m0/s1. The number of nitrogens with one attached hydrogen (secondary N) is 1. The Morgan fingerprint density at radius 1 is 1.12 bits per heavy atom. The Morgan fingerprint density at radius 2 is 1.88 bits per heavy atom. The van der Waals surface area contributed by atoms with E-state index in [2.05, 4.69) is 27.3 Å². The summed E-state index contributed by atoms with van der Waals surface area (Å²) >= 11 is 1.61. The number of hydrogen-bond acceptors (Lipinski definition) is 7. The van der Waals surface area contributed by atoms with E-state index in [-0.39, 0.29) is 6.04 Å². The highest BCUT2D eigenvalue weighted by Crippen LogP contribution is 2.45. The molecule has 0 radical (unpaired) electrons. The zero-order chi connectivity index (χ0) is 23.7. The second-order valence-corrected chi connectivity index (χ2v) is 13.1. The molecule has 3 saturated heterocycles. The summed E-state index contributed by atoms with van der Waals surface area (Å²) in [6.45, 7) is 7.89. The SMILES string of the molecule is CCNc1nnc(CCC[C@@H]2[C@H]3CCCN4CCC[C@@H](CN2S(=O)(=O)c2ccc(C)cc2)[C@@H]34)s1. The predicted octanol–water partition coefficient (Wildman–Crippen LogP) is 4.16. The number of aromatic nitrogens is 2. The minimum Gasteiger partial charge on any atom is -0.360 e. The Labute approximate surface area is 208 Å². The summed E-state index contributed by atoms with van der Waals surface area (Å²) in [5, 5.41) is 13.7. The molecule has 0 bridgehead atoms. The number of sulfonamides is 1. The average Bonchev–Trinajstić information content (AvgIpc) is 3.28. The maximum atomic E-state index is 13.9. The van der Waals surface area contributed by atoms with Crippen LogP contribution in [-0.2, 0) is 16.4 Å². The third-order valence-electron chi connectivity index (χ3n) is 7.94. The average molecular weight is 504 g/mol. The number of nitrogens with zero attached hydrogens (tertiary/aromatic N) is 4. The number of anilines is 1. The Balaban J connectivity index is 1.39. The summed E-state index contributed by atoms with van der Waals surface area (Å²) in [5.74, 6) is 0.862. The summed E-state index contributed by atoms with van der Waals surface area (Å²) in [5.41, 5.74) is 1.08. The molecule has 2 aromatic rings. The van der Waals surface area contributed by atoms with Gasteiger partial charge in [0.1, 0.15) is 5.01 Å². The topological polar surface area (TPSA) is 78.4 Å². The monoisotopic (exact) mass is 503 g/mol. The van der Waals surface area contributed by atoms with Crippen molar-refractivity contribution >= 4 is 26.5 Å². The van der Waals surface area contributed by atoms with Gasteiger partial charge in [0.05, 0.1) is 4.90 Å². The van der Waals surface area contributed by atoms with Crippen molar-refractivity contribution in [2.75, 3.05) is 31.5 Å². The molecule has 3 aliphatic heterocycles. The first-order chi connectivity index (χ1) is 16.5. The summed E-state index contributed by atoms with van der Waals surface area (Å²) in [6, 6.07) is 7.98. The smallest absolute Gasteiger partial charge is 0.243 e. The van der Waals surface area contributed by atoms with E-state index in [1.807, 2.05) is 23.4 Å². The second kappa shape index (κ2) is 10.2. The van der Waals surface area contributed by atoms with E-state index in [1.54, 1.807) is 23.5 Å². The van der Waals surface area contributed by atoms with Gasteiger partial charge in [-0.1, -0.05) is 29.0 Å². The molecule has 9 heteroatoms. The maximum absolute atomic E-state index is 13.9. The highest BCUT2D eigenvalue weighted by atomic mass is 32.2. The van der Waals surface area contributed by atoms with E-state index in [0.29, 0.717) is 29.3 Å². The summed E-state index contributed by atoms with van der Waals surface area (Å²) in [4.78, 5) is 3.11. The van der Waals surface area contributed by atoms with E-state index in [0.717, 1.165) is 54.4 Å². The van der Waals surface area contributed by atoms with Crippen molar-refractivity contribution in [1.82, 2.24) is 19.4 Å². The lowest BCUT2D eigenvalue weighted by Gasteiger charge is -2.57. The Morgan fingerprint density at radius 3 is 2.65 bits per heavy atom. The van der Waals surface area contributed by atoms with Crippen LogP contribution in [0.5, 0.6) is 0 Å². The third-order valence-corrected chi connectivity index (χ3v) is 10.8. The van der Waals surface area contributed by atoms with Gasteiger partial charge in [-0.05, 0) is 89.4 Å². The number of hydrogen-bond donors (Lipinski definition) is 1. The lowest BCUT2D eigenvalue weighted by Crippen LogP contribution is -2.65. The van der Waals surface area contributed by atoms with Crippen LogP contribution in [0, 0.1) is 18.8 Å². The van der Waals surface area contributed by atoms with Crippen molar-refractivity contribution in [3.8, 4) is 0 Å². The molecule has 3 aliphatic rings.